The van der Waals surface area contributed by atoms with E-state index in [4.69, 9.17) is 13.5 Å². The fourth-order valence-electron chi connectivity index (χ4n) is 3.57. The number of ether oxygens (including phenoxy) is 2. The lowest BCUT2D eigenvalue weighted by atomic mass is 9.94. The first-order valence-corrected chi connectivity index (χ1v) is 9.94. The standard InChI is InChI=1S/C11H14F2O9S2/c12-11(13,24(17,18)19)1-2-20-10(14)21-8-5-3-6-7(4-5)23(15,16)22-9(6)8/h5-9H,1-4H2,(H,17,18,19). The minimum absolute atomic E-state index is 0.214. The molecule has 0 aromatic rings. The van der Waals surface area contributed by atoms with Gasteiger partial charge in [0, 0.05) is 11.8 Å². The molecular weight excluding hydrogens is 378 g/mol. The normalized spacial score (nSPS) is 36.7. The highest BCUT2D eigenvalue weighted by Gasteiger charge is 2.65. The Hall–Kier alpha value is -1.05. The molecule has 5 unspecified atom stereocenters. The Morgan fingerprint density at radius 1 is 1.33 bits per heavy atom. The number of hydrogen-bond donors (Lipinski definition) is 1. The summed E-state index contributed by atoms with van der Waals surface area (Å²) in [7, 11) is -9.28. The quantitative estimate of drug-likeness (QED) is 0.404. The van der Waals surface area contributed by atoms with Crippen LogP contribution in [0.5, 0.6) is 0 Å². The van der Waals surface area contributed by atoms with E-state index in [-0.39, 0.29) is 11.8 Å². The van der Waals surface area contributed by atoms with Crippen LogP contribution in [0.1, 0.15) is 19.3 Å². The molecule has 0 spiro atoms. The van der Waals surface area contributed by atoms with Crippen LogP contribution >= 0.6 is 0 Å². The van der Waals surface area contributed by atoms with E-state index >= 15 is 0 Å². The Labute approximate surface area is 136 Å². The zero-order valence-electron chi connectivity index (χ0n) is 12.0. The highest BCUT2D eigenvalue weighted by Crippen LogP contribution is 2.55. The number of hydrogen-bond acceptors (Lipinski definition) is 8. The van der Waals surface area contributed by atoms with Crippen molar-refractivity contribution in [3.63, 3.8) is 0 Å². The smallest absolute Gasteiger partial charge is 0.434 e. The van der Waals surface area contributed by atoms with Gasteiger partial charge in [0.25, 0.3) is 10.1 Å². The summed E-state index contributed by atoms with van der Waals surface area (Å²) < 4.78 is 92.8. The second-order valence-corrected chi connectivity index (χ2v) is 9.36. The Bertz CT molecular complexity index is 747. The van der Waals surface area contributed by atoms with Gasteiger partial charge in [0.2, 0.25) is 0 Å². The molecule has 0 radical (unpaired) electrons. The first-order chi connectivity index (χ1) is 10.9. The van der Waals surface area contributed by atoms with Crippen molar-refractivity contribution in [1.29, 1.82) is 0 Å². The molecule has 2 bridgehead atoms. The van der Waals surface area contributed by atoms with Gasteiger partial charge in [-0.05, 0) is 12.8 Å². The lowest BCUT2D eigenvalue weighted by Gasteiger charge is -2.24. The Morgan fingerprint density at radius 2 is 2.00 bits per heavy atom. The molecule has 5 atom stereocenters. The summed E-state index contributed by atoms with van der Waals surface area (Å²) >= 11 is 0. The van der Waals surface area contributed by atoms with Gasteiger partial charge in [-0.2, -0.15) is 25.6 Å². The molecule has 3 aliphatic rings. The molecule has 138 valence electrons. The van der Waals surface area contributed by atoms with E-state index in [1.807, 2.05) is 0 Å². The van der Waals surface area contributed by atoms with Gasteiger partial charge in [0.15, 0.2) is 0 Å². The van der Waals surface area contributed by atoms with Crippen molar-refractivity contribution >= 4 is 26.4 Å². The highest BCUT2D eigenvalue weighted by atomic mass is 32.2. The second-order valence-electron chi connectivity index (χ2n) is 6.03. The molecule has 1 heterocycles. The maximum atomic E-state index is 13.0. The molecule has 13 heteroatoms. The molecule has 3 fully saturated rings. The third-order valence-corrected chi connectivity index (χ3v) is 7.37. The van der Waals surface area contributed by atoms with Crippen LogP contribution in [-0.2, 0) is 33.9 Å². The maximum Gasteiger partial charge on any atom is 0.508 e. The van der Waals surface area contributed by atoms with Crippen molar-refractivity contribution in [3.05, 3.63) is 0 Å². The van der Waals surface area contributed by atoms with E-state index in [1.165, 1.54) is 0 Å². The molecular formula is C11H14F2O9S2. The fourth-order valence-corrected chi connectivity index (χ4v) is 5.79. The summed E-state index contributed by atoms with van der Waals surface area (Å²) in [6.45, 7) is -1.00. The van der Waals surface area contributed by atoms with Crippen LogP contribution in [-0.4, -0.2) is 56.9 Å². The van der Waals surface area contributed by atoms with Gasteiger partial charge in [-0.1, -0.05) is 0 Å². The van der Waals surface area contributed by atoms with Crippen LogP contribution in [0.15, 0.2) is 0 Å². The average molecular weight is 392 g/mol. The van der Waals surface area contributed by atoms with E-state index in [9.17, 15) is 30.4 Å². The van der Waals surface area contributed by atoms with Crippen molar-refractivity contribution in [1.82, 2.24) is 0 Å². The van der Waals surface area contributed by atoms with Crippen LogP contribution < -0.4 is 0 Å². The van der Waals surface area contributed by atoms with E-state index < -0.39 is 62.1 Å². The number of carbonyl (C=O) groups is 1. The molecule has 1 saturated heterocycles. The predicted molar refractivity (Wildman–Crippen MR) is 71.1 cm³/mol. The molecule has 1 aliphatic heterocycles. The predicted octanol–water partition coefficient (Wildman–Crippen LogP) is 0.516. The van der Waals surface area contributed by atoms with Crippen LogP contribution in [0.3, 0.4) is 0 Å². The number of fused-ring (bicyclic) bond motifs is 1. The molecule has 0 amide bonds. The first-order valence-electron chi connectivity index (χ1n) is 7.03. The van der Waals surface area contributed by atoms with Gasteiger partial charge in [-0.25, -0.2) is 4.79 Å². The summed E-state index contributed by atoms with van der Waals surface area (Å²) in [6, 6.07) is 0. The highest BCUT2D eigenvalue weighted by molar-refractivity contribution is 7.87. The van der Waals surface area contributed by atoms with E-state index in [2.05, 4.69) is 4.74 Å². The van der Waals surface area contributed by atoms with Gasteiger partial charge in [-0.3, -0.25) is 8.74 Å². The second kappa shape index (κ2) is 5.47. The van der Waals surface area contributed by atoms with E-state index in [0.717, 1.165) is 0 Å². The van der Waals surface area contributed by atoms with Gasteiger partial charge in [0.1, 0.15) is 18.8 Å². The first kappa shape index (κ1) is 17.8. The number of carbonyl (C=O) groups excluding carboxylic acids is 1. The third kappa shape index (κ3) is 2.86. The molecule has 24 heavy (non-hydrogen) atoms. The molecule has 9 nitrogen and oxygen atoms in total. The summed E-state index contributed by atoms with van der Waals surface area (Å²) in [6.07, 6.45) is -3.60. The minimum atomic E-state index is -5.60. The van der Waals surface area contributed by atoms with Gasteiger partial charge < -0.3 is 9.47 Å². The van der Waals surface area contributed by atoms with Crippen molar-refractivity contribution in [2.24, 2.45) is 11.8 Å². The van der Waals surface area contributed by atoms with Crippen LogP contribution in [0.2, 0.25) is 0 Å². The fraction of sp³-hybridized carbons (Fsp3) is 0.909. The SMILES string of the molecule is O=C(OCCC(F)(F)S(=O)(=O)O)OC1C2CC3C1OS(=O)(=O)C3C2. The molecule has 1 N–H and O–H groups in total. The number of halogens is 2. The topological polar surface area (TPSA) is 133 Å². The molecule has 2 aliphatic carbocycles. The van der Waals surface area contributed by atoms with Crippen LogP contribution in [0.25, 0.3) is 0 Å². The third-order valence-electron chi connectivity index (χ3n) is 4.64. The van der Waals surface area contributed by atoms with Crippen molar-refractivity contribution in [2.75, 3.05) is 6.61 Å². The Balaban J connectivity index is 1.52. The van der Waals surface area contributed by atoms with Crippen LogP contribution in [0.4, 0.5) is 13.6 Å². The van der Waals surface area contributed by atoms with Crippen molar-refractivity contribution < 1.29 is 48.6 Å². The lowest BCUT2D eigenvalue weighted by molar-refractivity contribution is -0.0384. The van der Waals surface area contributed by atoms with Crippen LogP contribution in [0, 0.1) is 11.8 Å². The molecule has 2 saturated carbocycles. The van der Waals surface area contributed by atoms with Crippen molar-refractivity contribution in [2.45, 2.75) is 42.0 Å². The number of alkyl halides is 2. The Kier molecular flexibility index (Phi) is 4.05. The van der Waals surface area contributed by atoms with E-state index in [0.29, 0.717) is 12.8 Å². The van der Waals surface area contributed by atoms with E-state index in [1.54, 1.807) is 0 Å². The molecule has 0 aromatic heterocycles. The van der Waals surface area contributed by atoms with Crippen molar-refractivity contribution in [3.8, 4) is 0 Å². The minimum Gasteiger partial charge on any atom is -0.434 e. The summed E-state index contributed by atoms with van der Waals surface area (Å²) in [5, 5.41) is -5.05. The summed E-state index contributed by atoms with van der Waals surface area (Å²) in [4.78, 5) is 11.5. The number of rotatable bonds is 5. The monoisotopic (exact) mass is 392 g/mol. The maximum absolute atomic E-state index is 13.0. The zero-order valence-corrected chi connectivity index (χ0v) is 13.6. The van der Waals surface area contributed by atoms with Gasteiger partial charge in [-0.15, -0.1) is 0 Å². The average Bonchev–Trinajstić information content (AvgIpc) is 3.01. The summed E-state index contributed by atoms with van der Waals surface area (Å²) in [5.74, 6) is -0.476. The largest absolute Gasteiger partial charge is 0.508 e. The van der Waals surface area contributed by atoms with Gasteiger partial charge >= 0.3 is 21.5 Å². The van der Waals surface area contributed by atoms with Gasteiger partial charge in [0.05, 0.1) is 11.7 Å². The Morgan fingerprint density at radius 3 is 2.62 bits per heavy atom. The summed E-state index contributed by atoms with van der Waals surface area (Å²) in [5.41, 5.74) is 0. The lowest BCUT2D eigenvalue weighted by Crippen LogP contribution is -2.37. The molecule has 3 rings (SSSR count). The molecule has 0 aromatic carbocycles. The zero-order chi connectivity index (χ0) is 17.9.